The molecule has 0 spiro atoms. The maximum Gasteiger partial charge on any atom is 0.196 e. The third-order valence-corrected chi connectivity index (χ3v) is 2.81. The fourth-order valence-corrected chi connectivity index (χ4v) is 1.83. The Kier molecular flexibility index (Phi) is 3.70. The van der Waals surface area contributed by atoms with E-state index in [-0.39, 0.29) is 5.78 Å². The Morgan fingerprint density at radius 1 is 1.06 bits per heavy atom. The first-order chi connectivity index (χ1) is 8.74. The van der Waals surface area contributed by atoms with Gasteiger partial charge in [-0.1, -0.05) is 67.3 Å². The van der Waals surface area contributed by atoms with Crippen molar-refractivity contribution in [3.63, 3.8) is 0 Å². The summed E-state index contributed by atoms with van der Waals surface area (Å²) in [7, 11) is 0. The maximum atomic E-state index is 12.2. The molecule has 0 bridgehead atoms. The van der Waals surface area contributed by atoms with Gasteiger partial charge in [0.15, 0.2) is 5.78 Å². The van der Waals surface area contributed by atoms with Gasteiger partial charge >= 0.3 is 0 Å². The number of aliphatic hydroxyl groups is 1. The highest BCUT2D eigenvalue weighted by Gasteiger charge is 2.20. The van der Waals surface area contributed by atoms with Crippen molar-refractivity contribution in [1.29, 1.82) is 0 Å². The van der Waals surface area contributed by atoms with Crippen LogP contribution in [0.3, 0.4) is 0 Å². The summed E-state index contributed by atoms with van der Waals surface area (Å²) in [4.78, 5) is 12.2. The molecule has 0 aromatic heterocycles. The fourth-order valence-electron chi connectivity index (χ4n) is 1.83. The Morgan fingerprint density at radius 2 is 1.67 bits per heavy atom. The van der Waals surface area contributed by atoms with Crippen LogP contribution in [0.1, 0.15) is 27.6 Å². The highest BCUT2D eigenvalue weighted by atomic mass is 16.3. The van der Waals surface area contributed by atoms with Crippen LogP contribution in [0.5, 0.6) is 0 Å². The molecule has 2 aromatic carbocycles. The first kappa shape index (κ1) is 12.3. The molecule has 2 rings (SSSR count). The average Bonchev–Trinajstić information content (AvgIpc) is 2.46. The molecular formula is C16H14O2. The lowest BCUT2D eigenvalue weighted by Crippen LogP contribution is -2.13. The van der Waals surface area contributed by atoms with Gasteiger partial charge in [-0.15, -0.1) is 0 Å². The van der Waals surface area contributed by atoms with Crippen molar-refractivity contribution in [1.82, 2.24) is 0 Å². The third kappa shape index (κ3) is 2.39. The Labute approximate surface area is 106 Å². The molecule has 2 heteroatoms. The molecule has 1 unspecified atom stereocenters. The van der Waals surface area contributed by atoms with Crippen LogP contribution in [0.25, 0.3) is 6.08 Å². The first-order valence-electron chi connectivity index (χ1n) is 5.72. The molecule has 2 aromatic rings. The van der Waals surface area contributed by atoms with Crippen molar-refractivity contribution < 1.29 is 9.90 Å². The lowest BCUT2D eigenvalue weighted by atomic mass is 9.96. The van der Waals surface area contributed by atoms with Crippen LogP contribution in [0.2, 0.25) is 0 Å². The van der Waals surface area contributed by atoms with Gasteiger partial charge in [0.25, 0.3) is 0 Å². The van der Waals surface area contributed by atoms with Gasteiger partial charge in [-0.05, 0) is 11.1 Å². The normalized spacial score (nSPS) is 11.8. The largest absolute Gasteiger partial charge is 0.380 e. The lowest BCUT2D eigenvalue weighted by molar-refractivity contribution is 0.0747. The highest BCUT2D eigenvalue weighted by Crippen LogP contribution is 2.21. The van der Waals surface area contributed by atoms with Crippen molar-refractivity contribution in [2.24, 2.45) is 0 Å². The molecular weight excluding hydrogens is 224 g/mol. The highest BCUT2D eigenvalue weighted by molar-refractivity contribution is 6.02. The summed E-state index contributed by atoms with van der Waals surface area (Å²) in [5.74, 6) is -0.309. The summed E-state index contributed by atoms with van der Waals surface area (Å²) >= 11 is 0. The van der Waals surface area contributed by atoms with Crippen molar-refractivity contribution >= 4 is 11.9 Å². The van der Waals surface area contributed by atoms with Gasteiger partial charge in [0.2, 0.25) is 0 Å². The van der Waals surface area contributed by atoms with Crippen molar-refractivity contribution in [3.8, 4) is 0 Å². The number of ketones is 1. The van der Waals surface area contributed by atoms with Crippen LogP contribution in [-0.4, -0.2) is 10.9 Å². The lowest BCUT2D eigenvalue weighted by Gasteiger charge is -2.11. The topological polar surface area (TPSA) is 37.3 Å². The van der Waals surface area contributed by atoms with Crippen molar-refractivity contribution in [2.75, 3.05) is 0 Å². The van der Waals surface area contributed by atoms with E-state index >= 15 is 0 Å². The van der Waals surface area contributed by atoms with E-state index in [2.05, 4.69) is 6.58 Å². The molecule has 0 fully saturated rings. The summed E-state index contributed by atoms with van der Waals surface area (Å²) < 4.78 is 0. The molecule has 0 aliphatic carbocycles. The number of carbonyl (C=O) groups excluding carboxylic acids is 1. The number of hydrogen-bond donors (Lipinski definition) is 1. The molecule has 0 saturated heterocycles. The molecule has 90 valence electrons. The Morgan fingerprint density at radius 3 is 2.33 bits per heavy atom. The minimum atomic E-state index is -1.13. The first-order valence-corrected chi connectivity index (χ1v) is 5.72. The second kappa shape index (κ2) is 5.43. The Hall–Kier alpha value is -2.19. The second-order valence-electron chi connectivity index (χ2n) is 3.97. The smallest absolute Gasteiger partial charge is 0.196 e. The predicted octanol–water partition coefficient (Wildman–Crippen LogP) is 3.25. The Balaban J connectivity index is 2.34. The zero-order chi connectivity index (χ0) is 13.0. The van der Waals surface area contributed by atoms with Crippen LogP contribution in [0.4, 0.5) is 0 Å². The van der Waals surface area contributed by atoms with Crippen LogP contribution in [-0.2, 0) is 0 Å². The molecule has 0 aliphatic rings. The molecule has 0 amide bonds. The van der Waals surface area contributed by atoms with E-state index in [1.54, 1.807) is 48.5 Å². The zero-order valence-electron chi connectivity index (χ0n) is 9.91. The zero-order valence-corrected chi connectivity index (χ0v) is 9.91. The standard InChI is InChI=1S/C16H14O2/c1-2-12-8-6-7-11-14(12)16(18)15(17)13-9-4-3-5-10-13/h2-11,15,17H,1H2. The molecule has 18 heavy (non-hydrogen) atoms. The molecule has 0 radical (unpaired) electrons. The number of carbonyl (C=O) groups is 1. The van der Waals surface area contributed by atoms with Crippen LogP contribution >= 0.6 is 0 Å². The van der Waals surface area contributed by atoms with Gasteiger partial charge in [-0.3, -0.25) is 4.79 Å². The van der Waals surface area contributed by atoms with Gasteiger partial charge in [-0.2, -0.15) is 0 Å². The number of hydrogen-bond acceptors (Lipinski definition) is 2. The van der Waals surface area contributed by atoms with Gasteiger partial charge in [0, 0.05) is 5.56 Å². The quantitative estimate of drug-likeness (QED) is 0.830. The van der Waals surface area contributed by atoms with E-state index in [9.17, 15) is 9.90 Å². The minimum absolute atomic E-state index is 0.309. The van der Waals surface area contributed by atoms with E-state index in [0.29, 0.717) is 11.1 Å². The predicted molar refractivity (Wildman–Crippen MR) is 72.3 cm³/mol. The minimum Gasteiger partial charge on any atom is -0.380 e. The summed E-state index contributed by atoms with van der Waals surface area (Å²) in [6.45, 7) is 3.67. The van der Waals surface area contributed by atoms with Crippen LogP contribution in [0.15, 0.2) is 61.2 Å². The van der Waals surface area contributed by atoms with E-state index in [0.717, 1.165) is 5.56 Å². The van der Waals surface area contributed by atoms with Gasteiger partial charge in [0.05, 0.1) is 0 Å². The molecule has 2 nitrogen and oxygen atoms in total. The second-order valence-corrected chi connectivity index (χ2v) is 3.97. The van der Waals surface area contributed by atoms with Crippen LogP contribution < -0.4 is 0 Å². The SMILES string of the molecule is C=Cc1ccccc1C(=O)C(O)c1ccccc1. The summed E-state index contributed by atoms with van der Waals surface area (Å²) in [6, 6.07) is 16.0. The van der Waals surface area contributed by atoms with Gasteiger partial charge in [-0.25, -0.2) is 0 Å². The van der Waals surface area contributed by atoms with Crippen molar-refractivity contribution in [3.05, 3.63) is 77.9 Å². The van der Waals surface area contributed by atoms with E-state index in [4.69, 9.17) is 0 Å². The van der Waals surface area contributed by atoms with E-state index in [1.165, 1.54) is 0 Å². The van der Waals surface area contributed by atoms with Gasteiger partial charge in [0.1, 0.15) is 6.10 Å². The molecule has 0 saturated carbocycles. The number of benzene rings is 2. The molecule has 1 atom stereocenters. The summed E-state index contributed by atoms with van der Waals surface area (Å²) in [5, 5.41) is 10.1. The number of rotatable bonds is 4. The number of aliphatic hydroxyl groups excluding tert-OH is 1. The van der Waals surface area contributed by atoms with E-state index < -0.39 is 6.10 Å². The van der Waals surface area contributed by atoms with E-state index in [1.807, 2.05) is 12.1 Å². The monoisotopic (exact) mass is 238 g/mol. The fraction of sp³-hybridized carbons (Fsp3) is 0.0625. The van der Waals surface area contributed by atoms with Gasteiger partial charge < -0.3 is 5.11 Å². The van der Waals surface area contributed by atoms with Crippen molar-refractivity contribution in [2.45, 2.75) is 6.10 Å². The van der Waals surface area contributed by atoms with Crippen LogP contribution in [0, 0.1) is 0 Å². The summed E-state index contributed by atoms with van der Waals surface area (Å²) in [5.41, 5.74) is 1.82. The molecule has 0 heterocycles. The molecule has 1 N–H and O–H groups in total. The average molecular weight is 238 g/mol. The molecule has 0 aliphatic heterocycles. The maximum absolute atomic E-state index is 12.2. The third-order valence-electron chi connectivity index (χ3n) is 2.81. The summed E-state index contributed by atoms with van der Waals surface area (Å²) in [6.07, 6.45) is 0.484. The Bertz CT molecular complexity index is 558. The number of Topliss-reactive ketones (excluding diaryl/α,β-unsaturated/α-hetero) is 1.